The molecule has 0 saturated heterocycles. The molecule has 0 saturated carbocycles. The van der Waals surface area contributed by atoms with Gasteiger partial charge in [-0.15, -0.1) is 11.8 Å². The molecule has 4 nitrogen and oxygen atoms in total. The number of carboxylic acid groups (broad SMARTS) is 1. The van der Waals surface area contributed by atoms with E-state index in [9.17, 15) is 9.18 Å². The van der Waals surface area contributed by atoms with E-state index in [2.05, 4.69) is 4.98 Å². The summed E-state index contributed by atoms with van der Waals surface area (Å²) in [6, 6.07) is 9.45. The first-order chi connectivity index (χ1) is 9.60. The zero-order valence-electron chi connectivity index (χ0n) is 10.7. The van der Waals surface area contributed by atoms with Crippen molar-refractivity contribution in [3.05, 3.63) is 53.5 Å². The summed E-state index contributed by atoms with van der Waals surface area (Å²) in [5, 5.41) is 8.87. The van der Waals surface area contributed by atoms with Crippen LogP contribution in [0.3, 0.4) is 0 Å². The van der Waals surface area contributed by atoms with E-state index in [0.717, 1.165) is 11.8 Å². The molecule has 0 unspecified atom stereocenters. The molecule has 0 fully saturated rings. The number of halogens is 1. The predicted octanol–water partition coefficient (Wildman–Crippen LogP) is 3.22. The summed E-state index contributed by atoms with van der Waals surface area (Å²) < 4.78 is 18.3. The van der Waals surface area contributed by atoms with Crippen LogP contribution in [0.4, 0.5) is 4.39 Å². The van der Waals surface area contributed by atoms with Crippen molar-refractivity contribution in [2.24, 2.45) is 0 Å². The fourth-order valence-electron chi connectivity index (χ4n) is 1.57. The van der Waals surface area contributed by atoms with Crippen molar-refractivity contribution in [3.8, 4) is 5.88 Å². The van der Waals surface area contributed by atoms with Crippen LogP contribution < -0.4 is 4.74 Å². The number of ether oxygens (including phenoxy) is 1. The molecule has 0 aliphatic rings. The van der Waals surface area contributed by atoms with Gasteiger partial charge in [-0.1, -0.05) is 6.07 Å². The third-order valence-corrected chi connectivity index (χ3v) is 3.57. The Hall–Kier alpha value is -2.08. The van der Waals surface area contributed by atoms with Gasteiger partial charge < -0.3 is 9.84 Å². The highest BCUT2D eigenvalue weighted by Gasteiger charge is 2.11. The Morgan fingerprint density at radius 3 is 2.90 bits per heavy atom. The van der Waals surface area contributed by atoms with Crippen molar-refractivity contribution >= 4 is 17.7 Å². The summed E-state index contributed by atoms with van der Waals surface area (Å²) in [5.74, 6) is -0.943. The van der Waals surface area contributed by atoms with Gasteiger partial charge in [0.25, 0.3) is 0 Å². The van der Waals surface area contributed by atoms with Gasteiger partial charge in [-0.05, 0) is 24.3 Å². The third kappa shape index (κ3) is 3.48. The number of rotatable bonds is 5. The summed E-state index contributed by atoms with van der Waals surface area (Å²) in [6.45, 7) is 0. The Balaban J connectivity index is 2.10. The minimum Gasteiger partial charge on any atom is -0.481 e. The molecular formula is C14H12FNO3S. The maximum Gasteiger partial charge on any atom is 0.338 e. The second-order valence-corrected chi connectivity index (χ2v) is 4.96. The van der Waals surface area contributed by atoms with Crippen molar-refractivity contribution in [2.75, 3.05) is 7.11 Å². The van der Waals surface area contributed by atoms with Crippen molar-refractivity contribution < 1.29 is 19.0 Å². The van der Waals surface area contributed by atoms with Crippen LogP contribution in [0.2, 0.25) is 0 Å². The molecule has 20 heavy (non-hydrogen) atoms. The van der Waals surface area contributed by atoms with Gasteiger partial charge in [-0.3, -0.25) is 0 Å². The van der Waals surface area contributed by atoms with Crippen molar-refractivity contribution in [2.45, 2.75) is 10.6 Å². The van der Waals surface area contributed by atoms with Crippen LogP contribution in [0.15, 0.2) is 41.3 Å². The topological polar surface area (TPSA) is 59.4 Å². The van der Waals surface area contributed by atoms with Gasteiger partial charge >= 0.3 is 5.97 Å². The van der Waals surface area contributed by atoms with Gasteiger partial charge in [-0.25, -0.2) is 14.2 Å². The normalized spacial score (nSPS) is 10.3. The molecule has 1 N–H and O–H groups in total. The summed E-state index contributed by atoms with van der Waals surface area (Å²) in [5.41, 5.74) is 0.476. The lowest BCUT2D eigenvalue weighted by Gasteiger charge is -2.05. The van der Waals surface area contributed by atoms with E-state index < -0.39 is 11.8 Å². The fraction of sp³-hybridized carbons (Fsp3) is 0.143. The molecule has 104 valence electrons. The molecule has 0 spiro atoms. The molecule has 0 bridgehead atoms. The van der Waals surface area contributed by atoms with Gasteiger partial charge in [-0.2, -0.15) is 0 Å². The number of benzene rings is 1. The van der Waals surface area contributed by atoms with Gasteiger partial charge in [0.2, 0.25) is 5.88 Å². The SMILES string of the molecule is COc1cccc(CSc2ccc(F)c(C(=O)O)c2)n1. The van der Waals surface area contributed by atoms with Crippen LogP contribution in [0.5, 0.6) is 5.88 Å². The molecule has 2 rings (SSSR count). The quantitative estimate of drug-likeness (QED) is 0.858. The van der Waals surface area contributed by atoms with Crippen LogP contribution in [-0.2, 0) is 5.75 Å². The Morgan fingerprint density at radius 1 is 1.40 bits per heavy atom. The average molecular weight is 293 g/mol. The van der Waals surface area contributed by atoms with E-state index in [-0.39, 0.29) is 5.56 Å². The zero-order valence-corrected chi connectivity index (χ0v) is 11.5. The first-order valence-electron chi connectivity index (χ1n) is 5.75. The second kappa shape index (κ2) is 6.38. The molecule has 1 heterocycles. The number of aromatic nitrogens is 1. The van der Waals surface area contributed by atoms with Crippen LogP contribution >= 0.6 is 11.8 Å². The molecule has 2 aromatic rings. The van der Waals surface area contributed by atoms with E-state index >= 15 is 0 Å². The lowest BCUT2D eigenvalue weighted by atomic mass is 10.2. The number of carbonyl (C=O) groups is 1. The number of aromatic carboxylic acids is 1. The molecule has 1 aromatic heterocycles. The predicted molar refractivity (Wildman–Crippen MR) is 73.7 cm³/mol. The van der Waals surface area contributed by atoms with Gasteiger partial charge in [0, 0.05) is 16.7 Å². The van der Waals surface area contributed by atoms with Gasteiger partial charge in [0.05, 0.1) is 18.4 Å². The molecule has 6 heteroatoms. The summed E-state index contributed by atoms with van der Waals surface area (Å²) in [7, 11) is 1.54. The minimum absolute atomic E-state index is 0.325. The van der Waals surface area contributed by atoms with E-state index in [1.165, 1.54) is 17.8 Å². The Kier molecular flexibility index (Phi) is 4.57. The average Bonchev–Trinajstić information content (AvgIpc) is 2.46. The standard InChI is InChI=1S/C14H12FNO3S/c1-19-13-4-2-3-9(16-13)8-20-10-5-6-12(15)11(7-10)14(17)18/h2-7H,8H2,1H3,(H,17,18). The number of methoxy groups -OCH3 is 1. The van der Waals surface area contributed by atoms with Crippen LogP contribution in [0, 0.1) is 5.82 Å². The zero-order chi connectivity index (χ0) is 14.5. The maximum atomic E-state index is 13.3. The van der Waals surface area contributed by atoms with Gasteiger partial charge in [0.15, 0.2) is 0 Å². The molecule has 0 radical (unpaired) electrons. The second-order valence-electron chi connectivity index (χ2n) is 3.91. The summed E-state index contributed by atoms with van der Waals surface area (Å²) in [6.07, 6.45) is 0. The smallest absolute Gasteiger partial charge is 0.338 e. The highest BCUT2D eigenvalue weighted by atomic mass is 32.2. The Morgan fingerprint density at radius 2 is 2.20 bits per heavy atom. The Bertz CT molecular complexity index is 634. The monoisotopic (exact) mass is 293 g/mol. The van der Waals surface area contributed by atoms with Crippen LogP contribution in [0.1, 0.15) is 16.1 Å². The van der Waals surface area contributed by atoms with Crippen LogP contribution in [-0.4, -0.2) is 23.2 Å². The Labute approximate surface area is 119 Å². The van der Waals surface area contributed by atoms with E-state index in [1.807, 2.05) is 12.1 Å². The first-order valence-corrected chi connectivity index (χ1v) is 6.74. The fourth-order valence-corrected chi connectivity index (χ4v) is 2.41. The molecule has 0 amide bonds. The van der Waals surface area contributed by atoms with Crippen LogP contribution in [0.25, 0.3) is 0 Å². The summed E-state index contributed by atoms with van der Waals surface area (Å²) in [4.78, 5) is 15.8. The summed E-state index contributed by atoms with van der Waals surface area (Å²) >= 11 is 1.38. The van der Waals surface area contributed by atoms with E-state index in [1.54, 1.807) is 19.2 Å². The first kappa shape index (κ1) is 14.3. The lowest BCUT2D eigenvalue weighted by molar-refractivity contribution is 0.0691. The number of nitrogens with zero attached hydrogens (tertiary/aromatic N) is 1. The molecule has 1 aromatic carbocycles. The molecule has 0 aliphatic heterocycles. The number of carboxylic acids is 1. The number of hydrogen-bond donors (Lipinski definition) is 1. The van der Waals surface area contributed by atoms with Crippen molar-refractivity contribution in [1.29, 1.82) is 0 Å². The molecule has 0 aliphatic carbocycles. The molecule has 0 atom stereocenters. The van der Waals surface area contributed by atoms with Gasteiger partial charge in [0.1, 0.15) is 5.82 Å². The maximum absolute atomic E-state index is 13.3. The highest BCUT2D eigenvalue weighted by Crippen LogP contribution is 2.25. The minimum atomic E-state index is -1.27. The van der Waals surface area contributed by atoms with E-state index in [4.69, 9.17) is 9.84 Å². The number of hydrogen-bond acceptors (Lipinski definition) is 4. The van der Waals surface area contributed by atoms with E-state index in [0.29, 0.717) is 16.5 Å². The largest absolute Gasteiger partial charge is 0.481 e. The number of thioether (sulfide) groups is 1. The molecular weight excluding hydrogens is 281 g/mol. The highest BCUT2D eigenvalue weighted by molar-refractivity contribution is 7.98. The van der Waals surface area contributed by atoms with Crippen molar-refractivity contribution in [3.63, 3.8) is 0 Å². The number of pyridine rings is 1. The van der Waals surface area contributed by atoms with Crippen molar-refractivity contribution in [1.82, 2.24) is 4.98 Å². The lowest BCUT2D eigenvalue weighted by Crippen LogP contribution is -2.00. The third-order valence-electron chi connectivity index (χ3n) is 2.55.